The van der Waals surface area contributed by atoms with Crippen molar-refractivity contribution in [2.45, 2.75) is 12.5 Å². The molecule has 0 aromatic heterocycles. The zero-order chi connectivity index (χ0) is 26.0. The van der Waals surface area contributed by atoms with Crippen molar-refractivity contribution in [2.75, 3.05) is 31.7 Å². The number of aliphatic hydroxyl groups is 1. The summed E-state index contributed by atoms with van der Waals surface area (Å²) < 4.78 is 15.7. The fourth-order valence-corrected chi connectivity index (χ4v) is 4.04. The molecule has 3 N–H and O–H groups in total. The maximum atomic E-state index is 13.0. The molecule has 0 radical (unpaired) electrons. The van der Waals surface area contributed by atoms with Gasteiger partial charge in [0.15, 0.2) is 10.8 Å². The van der Waals surface area contributed by atoms with E-state index in [1.54, 1.807) is 0 Å². The molecule has 2 rings (SSSR count). The van der Waals surface area contributed by atoms with Gasteiger partial charge in [0.05, 0.1) is 22.3 Å². The van der Waals surface area contributed by atoms with E-state index in [4.69, 9.17) is 38.0 Å². The van der Waals surface area contributed by atoms with E-state index < -0.39 is 40.8 Å². The first-order chi connectivity index (χ1) is 16.7. The molecule has 0 aliphatic carbocycles. The maximum absolute atomic E-state index is 13.0. The van der Waals surface area contributed by atoms with Crippen molar-refractivity contribution in [3.63, 3.8) is 0 Å². The molecular weight excluding hydrogens is 496 g/mol. The van der Waals surface area contributed by atoms with Gasteiger partial charge < -0.3 is 30.0 Å². The standard InChI is InChI=1S/C24H27ClN2O7S/c1-4-7-32-20-16(25)10-14(22(29)33-8-5-2)11-17(20)27-21(28)18-12-15(13-26-18)19(24(31)35)23(30)34-9-6-3/h4-6,10-11,15,18-19,26H,1-3,7-9,12-13H2,(H,27,28)(H,31,35)/t15-,18?,19+/m1/s1. The van der Waals surface area contributed by atoms with Gasteiger partial charge in [-0.3, -0.25) is 9.59 Å². The maximum Gasteiger partial charge on any atom is 0.338 e. The van der Waals surface area contributed by atoms with Crippen LogP contribution in [-0.4, -0.2) is 60.4 Å². The first-order valence-corrected chi connectivity index (χ1v) is 11.4. The van der Waals surface area contributed by atoms with E-state index in [1.807, 2.05) is 0 Å². The Bertz CT molecular complexity index is 1010. The molecule has 35 heavy (non-hydrogen) atoms. The van der Waals surface area contributed by atoms with E-state index >= 15 is 0 Å². The Morgan fingerprint density at radius 1 is 1.17 bits per heavy atom. The van der Waals surface area contributed by atoms with Crippen LogP contribution in [0.5, 0.6) is 5.75 Å². The van der Waals surface area contributed by atoms with Crippen molar-refractivity contribution in [2.24, 2.45) is 11.8 Å². The van der Waals surface area contributed by atoms with Crippen LogP contribution in [0.25, 0.3) is 0 Å². The number of ether oxygens (including phenoxy) is 3. The van der Waals surface area contributed by atoms with Gasteiger partial charge >= 0.3 is 11.9 Å². The number of carbonyl (C=O) groups is 3. The minimum absolute atomic E-state index is 0.00334. The lowest BCUT2D eigenvalue weighted by Gasteiger charge is -2.19. The van der Waals surface area contributed by atoms with E-state index in [1.165, 1.54) is 30.4 Å². The van der Waals surface area contributed by atoms with Crippen molar-refractivity contribution >= 4 is 52.4 Å². The largest absolute Gasteiger partial charge is 0.501 e. The highest BCUT2D eigenvalue weighted by Gasteiger charge is 2.40. The third kappa shape index (κ3) is 7.64. The first kappa shape index (κ1) is 28.0. The minimum atomic E-state index is -1.07. The summed E-state index contributed by atoms with van der Waals surface area (Å²) in [6.07, 6.45) is 4.51. The second kappa shape index (κ2) is 13.6. The number of benzene rings is 1. The van der Waals surface area contributed by atoms with Crippen LogP contribution >= 0.6 is 23.8 Å². The van der Waals surface area contributed by atoms with Crippen LogP contribution < -0.4 is 15.4 Å². The van der Waals surface area contributed by atoms with Crippen molar-refractivity contribution in [3.05, 3.63) is 60.7 Å². The molecular formula is C24H27ClN2O7S. The SMILES string of the molecule is C=CCOC(=O)c1cc(Cl)c(OCC=C)c(NC(=O)C2C[C@@H]([C@@H](C(=O)OCC=C)C(O)=S)CN2)c1. The summed E-state index contributed by atoms with van der Waals surface area (Å²) in [4.78, 5) is 37.7. The van der Waals surface area contributed by atoms with Gasteiger partial charge in [0, 0.05) is 6.54 Å². The number of halogens is 1. The summed E-state index contributed by atoms with van der Waals surface area (Å²) in [7, 11) is 0. The van der Waals surface area contributed by atoms with Crippen molar-refractivity contribution in [1.29, 1.82) is 0 Å². The molecule has 1 aromatic carbocycles. The van der Waals surface area contributed by atoms with Gasteiger partial charge in [-0.25, -0.2) is 4.79 Å². The Morgan fingerprint density at radius 3 is 2.46 bits per heavy atom. The summed E-state index contributed by atoms with van der Waals surface area (Å²) >= 11 is 11.2. The number of amides is 1. The minimum Gasteiger partial charge on any atom is -0.501 e. The third-order valence-electron chi connectivity index (χ3n) is 5.03. The average molecular weight is 523 g/mol. The molecule has 9 nitrogen and oxygen atoms in total. The molecule has 0 saturated carbocycles. The summed E-state index contributed by atoms with van der Waals surface area (Å²) in [6.45, 7) is 10.9. The Balaban J connectivity index is 2.22. The van der Waals surface area contributed by atoms with Crippen LogP contribution in [0.2, 0.25) is 5.02 Å². The van der Waals surface area contributed by atoms with Gasteiger partial charge in [-0.2, -0.15) is 0 Å². The van der Waals surface area contributed by atoms with Gasteiger partial charge in [-0.05, 0) is 36.7 Å². The molecule has 1 saturated heterocycles. The zero-order valence-electron chi connectivity index (χ0n) is 19.0. The second-order valence-corrected chi connectivity index (χ2v) is 8.33. The predicted octanol–water partition coefficient (Wildman–Crippen LogP) is 3.40. The summed E-state index contributed by atoms with van der Waals surface area (Å²) in [5.41, 5.74) is 0.255. The highest BCUT2D eigenvalue weighted by atomic mass is 35.5. The number of esters is 2. The van der Waals surface area contributed by atoms with Crippen LogP contribution in [-0.2, 0) is 19.1 Å². The number of nitrogens with one attached hydrogen (secondary N) is 2. The van der Waals surface area contributed by atoms with Crippen LogP contribution in [0.1, 0.15) is 16.8 Å². The molecule has 188 valence electrons. The predicted molar refractivity (Wildman–Crippen MR) is 136 cm³/mol. The summed E-state index contributed by atoms with van der Waals surface area (Å²) in [5.74, 6) is -3.21. The lowest BCUT2D eigenvalue weighted by atomic mass is 9.90. The highest BCUT2D eigenvalue weighted by Crippen LogP contribution is 2.36. The Kier molecular flexibility index (Phi) is 10.9. The van der Waals surface area contributed by atoms with Gasteiger partial charge in [-0.1, -0.05) is 49.6 Å². The Labute approximate surface area is 213 Å². The number of anilines is 1. The van der Waals surface area contributed by atoms with E-state index in [2.05, 4.69) is 30.4 Å². The number of rotatable bonds is 13. The number of carbonyl (C=O) groups excluding carboxylic acids is 3. The van der Waals surface area contributed by atoms with Crippen molar-refractivity contribution < 1.29 is 33.7 Å². The smallest absolute Gasteiger partial charge is 0.338 e. The molecule has 1 unspecified atom stereocenters. The van der Waals surface area contributed by atoms with Gasteiger partial charge in [0.1, 0.15) is 25.7 Å². The molecule has 0 spiro atoms. The van der Waals surface area contributed by atoms with Crippen LogP contribution in [0.15, 0.2) is 50.1 Å². The third-order valence-corrected chi connectivity index (χ3v) is 5.57. The van der Waals surface area contributed by atoms with Crippen LogP contribution in [0, 0.1) is 11.8 Å². The number of hydrogen-bond donors (Lipinski definition) is 3. The number of hydrogen-bond acceptors (Lipinski definition) is 8. The molecule has 3 atom stereocenters. The lowest BCUT2D eigenvalue weighted by Crippen LogP contribution is -2.35. The Hall–Kier alpha value is -3.21. The average Bonchev–Trinajstić information content (AvgIpc) is 3.30. The topological polar surface area (TPSA) is 123 Å². The normalized spacial score (nSPS) is 17.5. The fraction of sp³-hybridized carbons (Fsp3) is 0.333. The number of aliphatic hydroxyl groups excluding tert-OH is 1. The number of thiocarbonyl (C=S) groups is 1. The zero-order valence-corrected chi connectivity index (χ0v) is 20.5. The lowest BCUT2D eigenvalue weighted by molar-refractivity contribution is -0.146. The van der Waals surface area contributed by atoms with E-state index in [0.717, 1.165) is 0 Å². The quantitative estimate of drug-likeness (QED) is 0.203. The fourth-order valence-electron chi connectivity index (χ4n) is 3.47. The summed E-state index contributed by atoms with van der Waals surface area (Å²) in [6, 6.07) is 2.02. The molecule has 1 aromatic rings. The van der Waals surface area contributed by atoms with Gasteiger partial charge in [-0.15, -0.1) is 0 Å². The highest BCUT2D eigenvalue weighted by molar-refractivity contribution is 7.80. The Morgan fingerprint density at radius 2 is 1.83 bits per heavy atom. The van der Waals surface area contributed by atoms with Crippen LogP contribution in [0.4, 0.5) is 5.69 Å². The molecule has 1 heterocycles. The summed E-state index contributed by atoms with van der Waals surface area (Å²) in [5, 5.41) is 15.2. The molecule has 1 amide bonds. The molecule has 11 heteroatoms. The first-order valence-electron chi connectivity index (χ1n) is 10.6. The van der Waals surface area contributed by atoms with E-state index in [-0.39, 0.29) is 54.8 Å². The second-order valence-electron chi connectivity index (χ2n) is 7.50. The molecule has 0 bridgehead atoms. The molecule has 1 fully saturated rings. The monoisotopic (exact) mass is 522 g/mol. The van der Waals surface area contributed by atoms with E-state index in [0.29, 0.717) is 0 Å². The van der Waals surface area contributed by atoms with Gasteiger partial charge in [0.2, 0.25) is 5.91 Å². The molecule has 1 aliphatic rings. The van der Waals surface area contributed by atoms with E-state index in [9.17, 15) is 19.5 Å². The van der Waals surface area contributed by atoms with Crippen molar-refractivity contribution in [3.8, 4) is 5.75 Å². The molecule has 1 aliphatic heterocycles. The van der Waals surface area contributed by atoms with Crippen molar-refractivity contribution in [1.82, 2.24) is 5.32 Å². The van der Waals surface area contributed by atoms with Gasteiger partial charge in [0.25, 0.3) is 0 Å². The van der Waals surface area contributed by atoms with Crippen LogP contribution in [0.3, 0.4) is 0 Å².